The average Bonchev–Trinajstić information content (AvgIpc) is 3.13. The molecule has 1 aliphatic heterocycles. The number of benzene rings is 1. The van der Waals surface area contributed by atoms with Gasteiger partial charge in [0.1, 0.15) is 0 Å². The highest BCUT2D eigenvalue weighted by atomic mass is 32.2. The Balaban J connectivity index is 1.55. The van der Waals surface area contributed by atoms with Crippen LogP contribution in [0.3, 0.4) is 0 Å². The second kappa shape index (κ2) is 7.61. The lowest BCUT2D eigenvalue weighted by molar-refractivity contribution is 0.0499. The minimum atomic E-state index is -3.47. The van der Waals surface area contributed by atoms with Crippen LogP contribution < -0.4 is 0 Å². The van der Waals surface area contributed by atoms with Crippen molar-refractivity contribution in [1.82, 2.24) is 9.80 Å². The van der Waals surface area contributed by atoms with Crippen LogP contribution in [0.2, 0.25) is 0 Å². The minimum absolute atomic E-state index is 0.0307. The van der Waals surface area contributed by atoms with Crippen molar-refractivity contribution in [3.8, 4) is 0 Å². The molecule has 0 spiro atoms. The summed E-state index contributed by atoms with van der Waals surface area (Å²) in [5, 5.41) is 10.1. The fourth-order valence-corrected chi connectivity index (χ4v) is 3.51. The van der Waals surface area contributed by atoms with Gasteiger partial charge in [0.2, 0.25) is 14.9 Å². The van der Waals surface area contributed by atoms with Gasteiger partial charge in [0.05, 0.1) is 6.10 Å². The molecule has 1 unspecified atom stereocenters. The Bertz CT molecular complexity index is 855. The van der Waals surface area contributed by atoms with Gasteiger partial charge in [-0.2, -0.15) is 0 Å². The monoisotopic (exact) mass is 378 g/mol. The third kappa shape index (κ3) is 4.32. The van der Waals surface area contributed by atoms with Crippen LogP contribution in [0.25, 0.3) is 0 Å². The summed E-state index contributed by atoms with van der Waals surface area (Å²) in [6.07, 6.45) is 0.470. The van der Waals surface area contributed by atoms with E-state index in [-0.39, 0.29) is 16.8 Å². The third-order valence-electron chi connectivity index (χ3n) is 4.43. The van der Waals surface area contributed by atoms with Crippen molar-refractivity contribution in [1.29, 1.82) is 0 Å². The number of aliphatic hydroxyl groups excluding tert-OH is 1. The number of hydrogen-bond donors (Lipinski definition) is 1. The highest BCUT2D eigenvalue weighted by Crippen LogP contribution is 2.18. The molecular weight excluding hydrogens is 356 g/mol. The molecule has 1 saturated heterocycles. The standard InChI is InChI=1S/C18H22N2O5S/c1-26(23,24)17-8-7-16(25-17)18(22)20-11-9-19(10-12-20)13-15(21)14-5-3-2-4-6-14/h2-8,15,21H,9-13H2,1H3. The van der Waals surface area contributed by atoms with E-state index in [2.05, 4.69) is 4.90 Å². The van der Waals surface area contributed by atoms with Crippen LogP contribution in [0.1, 0.15) is 22.2 Å². The molecule has 1 fully saturated rings. The van der Waals surface area contributed by atoms with Gasteiger partial charge in [-0.1, -0.05) is 30.3 Å². The Hall–Kier alpha value is -2.16. The van der Waals surface area contributed by atoms with E-state index in [4.69, 9.17) is 4.42 Å². The summed E-state index contributed by atoms with van der Waals surface area (Å²) in [6, 6.07) is 12.2. The number of furan rings is 1. The van der Waals surface area contributed by atoms with Crippen molar-refractivity contribution in [3.63, 3.8) is 0 Å². The van der Waals surface area contributed by atoms with Crippen LogP contribution >= 0.6 is 0 Å². The Kier molecular flexibility index (Phi) is 5.45. The summed E-state index contributed by atoms with van der Waals surface area (Å²) in [7, 11) is -3.47. The molecule has 0 radical (unpaired) electrons. The largest absolute Gasteiger partial charge is 0.440 e. The summed E-state index contributed by atoms with van der Waals surface area (Å²) < 4.78 is 28.1. The topological polar surface area (TPSA) is 91.1 Å². The van der Waals surface area contributed by atoms with E-state index in [0.717, 1.165) is 11.8 Å². The van der Waals surface area contributed by atoms with Crippen LogP contribution in [-0.2, 0) is 9.84 Å². The van der Waals surface area contributed by atoms with Gasteiger partial charge in [0.15, 0.2) is 5.76 Å². The molecule has 140 valence electrons. The minimum Gasteiger partial charge on any atom is -0.440 e. The van der Waals surface area contributed by atoms with E-state index in [1.165, 1.54) is 12.1 Å². The fraction of sp³-hybridized carbons (Fsp3) is 0.389. The first-order chi connectivity index (χ1) is 12.3. The Labute approximate surface area is 152 Å². The van der Waals surface area contributed by atoms with E-state index in [1.54, 1.807) is 4.90 Å². The number of rotatable bonds is 5. The molecule has 0 saturated carbocycles. The van der Waals surface area contributed by atoms with Crippen LogP contribution in [-0.4, -0.2) is 68.2 Å². The molecular formula is C18H22N2O5S. The molecule has 3 rings (SSSR count). The second-order valence-electron chi connectivity index (χ2n) is 6.41. The Morgan fingerprint density at radius 3 is 2.35 bits per heavy atom. The average molecular weight is 378 g/mol. The van der Waals surface area contributed by atoms with Gasteiger partial charge in [-0.3, -0.25) is 9.69 Å². The van der Waals surface area contributed by atoms with Crippen LogP contribution in [0.15, 0.2) is 52.0 Å². The molecule has 7 nitrogen and oxygen atoms in total. The van der Waals surface area contributed by atoms with Crippen molar-refractivity contribution in [2.24, 2.45) is 0 Å². The molecule has 1 aromatic heterocycles. The van der Waals surface area contributed by atoms with E-state index < -0.39 is 15.9 Å². The quantitative estimate of drug-likeness (QED) is 0.840. The number of piperazine rings is 1. The molecule has 0 aliphatic carbocycles. The molecule has 1 aliphatic rings. The van der Waals surface area contributed by atoms with Gasteiger partial charge >= 0.3 is 0 Å². The summed E-state index contributed by atoms with van der Waals surface area (Å²) in [5.41, 5.74) is 0.870. The summed E-state index contributed by atoms with van der Waals surface area (Å²) in [4.78, 5) is 16.2. The number of carbonyl (C=O) groups excluding carboxylic acids is 1. The smallest absolute Gasteiger partial charge is 0.289 e. The van der Waals surface area contributed by atoms with Crippen LogP contribution in [0, 0.1) is 0 Å². The maximum atomic E-state index is 12.5. The van der Waals surface area contributed by atoms with Crippen LogP contribution in [0.4, 0.5) is 0 Å². The van der Waals surface area contributed by atoms with Gasteiger partial charge in [-0.25, -0.2) is 8.42 Å². The van der Waals surface area contributed by atoms with Crippen molar-refractivity contribution in [2.75, 3.05) is 39.0 Å². The highest BCUT2D eigenvalue weighted by molar-refractivity contribution is 7.90. The first kappa shape index (κ1) is 18.6. The number of amides is 1. The fourth-order valence-electron chi connectivity index (χ4n) is 2.95. The molecule has 26 heavy (non-hydrogen) atoms. The lowest BCUT2D eigenvalue weighted by Gasteiger charge is -2.35. The first-order valence-corrected chi connectivity index (χ1v) is 10.3. The highest BCUT2D eigenvalue weighted by Gasteiger charge is 2.26. The lowest BCUT2D eigenvalue weighted by Crippen LogP contribution is -2.49. The number of β-amino-alcohol motifs (C(OH)–C–C–N with tert-alkyl or cyclic N) is 1. The van der Waals surface area contributed by atoms with Gasteiger partial charge in [0.25, 0.3) is 5.91 Å². The van der Waals surface area contributed by atoms with Crippen molar-refractivity contribution in [2.45, 2.75) is 11.2 Å². The van der Waals surface area contributed by atoms with Gasteiger partial charge in [0, 0.05) is 39.0 Å². The Morgan fingerprint density at radius 2 is 1.77 bits per heavy atom. The summed E-state index contributed by atoms with van der Waals surface area (Å²) >= 11 is 0. The van der Waals surface area contributed by atoms with E-state index in [0.29, 0.717) is 32.7 Å². The predicted molar refractivity (Wildman–Crippen MR) is 95.6 cm³/mol. The predicted octanol–water partition coefficient (Wildman–Crippen LogP) is 1.17. The number of hydrogen-bond acceptors (Lipinski definition) is 6. The zero-order valence-electron chi connectivity index (χ0n) is 14.5. The first-order valence-electron chi connectivity index (χ1n) is 8.39. The third-order valence-corrected chi connectivity index (χ3v) is 5.38. The lowest BCUT2D eigenvalue weighted by atomic mass is 10.1. The molecule has 1 aromatic carbocycles. The maximum Gasteiger partial charge on any atom is 0.289 e. The molecule has 1 amide bonds. The van der Waals surface area contributed by atoms with Crippen molar-refractivity contribution < 1.29 is 22.7 Å². The molecule has 1 atom stereocenters. The number of aliphatic hydroxyl groups is 1. The van der Waals surface area contributed by atoms with E-state index in [9.17, 15) is 18.3 Å². The SMILES string of the molecule is CS(=O)(=O)c1ccc(C(=O)N2CCN(CC(O)c3ccccc3)CC2)o1. The zero-order valence-corrected chi connectivity index (χ0v) is 15.4. The molecule has 0 bridgehead atoms. The Morgan fingerprint density at radius 1 is 1.12 bits per heavy atom. The molecule has 2 aromatic rings. The molecule has 2 heterocycles. The van der Waals surface area contributed by atoms with E-state index in [1.807, 2.05) is 30.3 Å². The van der Waals surface area contributed by atoms with Gasteiger partial charge in [-0.15, -0.1) is 0 Å². The summed E-state index contributed by atoms with van der Waals surface area (Å²) in [6.45, 7) is 2.76. The number of carbonyl (C=O) groups is 1. The second-order valence-corrected chi connectivity index (χ2v) is 8.36. The van der Waals surface area contributed by atoms with E-state index >= 15 is 0 Å². The zero-order chi connectivity index (χ0) is 18.7. The number of nitrogens with zero attached hydrogens (tertiary/aromatic N) is 2. The molecule has 8 heteroatoms. The van der Waals surface area contributed by atoms with Crippen molar-refractivity contribution >= 4 is 15.7 Å². The summed E-state index contributed by atoms with van der Waals surface area (Å²) in [5.74, 6) is -0.286. The number of sulfone groups is 1. The van der Waals surface area contributed by atoms with Crippen LogP contribution in [0.5, 0.6) is 0 Å². The van der Waals surface area contributed by atoms with Crippen molar-refractivity contribution in [3.05, 3.63) is 53.8 Å². The molecule has 1 N–H and O–H groups in total. The van der Waals surface area contributed by atoms with Gasteiger partial charge < -0.3 is 14.4 Å². The van der Waals surface area contributed by atoms with Gasteiger partial charge in [-0.05, 0) is 17.7 Å². The normalized spacial score (nSPS) is 17.2. The maximum absolute atomic E-state index is 12.5.